The zero-order chi connectivity index (χ0) is 21.4. The van der Waals surface area contributed by atoms with Gasteiger partial charge in [-0.05, 0) is 36.2 Å². The molecule has 31 heavy (non-hydrogen) atoms. The van der Waals surface area contributed by atoms with Crippen LogP contribution in [0.1, 0.15) is 26.3 Å². The summed E-state index contributed by atoms with van der Waals surface area (Å²) in [5, 5.41) is 0. The quantitative estimate of drug-likeness (QED) is 0.757. The van der Waals surface area contributed by atoms with Crippen molar-refractivity contribution < 1.29 is 14.0 Å². The molecule has 0 unspecified atom stereocenters. The van der Waals surface area contributed by atoms with E-state index in [1.807, 2.05) is 17.0 Å². The van der Waals surface area contributed by atoms with Crippen LogP contribution < -0.4 is 4.90 Å². The number of hydrogen-bond donors (Lipinski definition) is 0. The van der Waals surface area contributed by atoms with Crippen LogP contribution in [0.5, 0.6) is 0 Å². The highest BCUT2D eigenvalue weighted by Crippen LogP contribution is 2.34. The molecular formula is C24H27FN4O2. The maximum absolute atomic E-state index is 13.4. The van der Waals surface area contributed by atoms with E-state index in [1.165, 1.54) is 17.7 Å². The molecule has 2 aromatic carbocycles. The van der Waals surface area contributed by atoms with Crippen molar-refractivity contribution in [1.82, 2.24) is 14.7 Å². The second-order valence-electron chi connectivity index (χ2n) is 8.49. The Kier molecular flexibility index (Phi) is 5.36. The molecular weight excluding hydrogens is 395 g/mol. The highest BCUT2D eigenvalue weighted by atomic mass is 19.1. The molecule has 3 aliphatic heterocycles. The number of para-hydroxylation sites is 1. The van der Waals surface area contributed by atoms with Crippen LogP contribution in [0.4, 0.5) is 10.1 Å². The number of hydrogen-bond acceptors (Lipinski definition) is 4. The SMILES string of the molecule is O=C(c1cccc(F)c1)N1CCN(CCN2CCN3CCc4cccc(c43)C2=O)CC1. The minimum atomic E-state index is -0.390. The zero-order valence-corrected chi connectivity index (χ0v) is 17.6. The second-order valence-corrected chi connectivity index (χ2v) is 8.49. The topological polar surface area (TPSA) is 47.1 Å². The van der Waals surface area contributed by atoms with Crippen LogP contribution in [0.2, 0.25) is 0 Å². The second kappa shape index (κ2) is 8.30. The van der Waals surface area contributed by atoms with Gasteiger partial charge in [0.2, 0.25) is 0 Å². The van der Waals surface area contributed by atoms with Gasteiger partial charge in [0.1, 0.15) is 5.82 Å². The molecule has 0 radical (unpaired) electrons. The van der Waals surface area contributed by atoms with Crippen LogP contribution >= 0.6 is 0 Å². The Balaban J connectivity index is 1.17. The normalized spacial score (nSPS) is 18.9. The van der Waals surface area contributed by atoms with Gasteiger partial charge in [0.15, 0.2) is 0 Å². The van der Waals surface area contributed by atoms with E-state index in [2.05, 4.69) is 15.9 Å². The van der Waals surface area contributed by atoms with Crippen molar-refractivity contribution in [3.63, 3.8) is 0 Å². The van der Waals surface area contributed by atoms with E-state index in [1.54, 1.807) is 17.0 Å². The van der Waals surface area contributed by atoms with Gasteiger partial charge in [-0.15, -0.1) is 0 Å². The molecule has 0 N–H and O–H groups in total. The van der Waals surface area contributed by atoms with Crippen molar-refractivity contribution in [2.45, 2.75) is 6.42 Å². The number of amides is 2. The van der Waals surface area contributed by atoms with E-state index < -0.39 is 5.82 Å². The van der Waals surface area contributed by atoms with Gasteiger partial charge in [0, 0.05) is 64.5 Å². The third-order valence-electron chi connectivity index (χ3n) is 6.66. The van der Waals surface area contributed by atoms with Crippen molar-refractivity contribution in [2.75, 3.05) is 63.8 Å². The molecule has 162 valence electrons. The minimum absolute atomic E-state index is 0.121. The van der Waals surface area contributed by atoms with Gasteiger partial charge in [-0.25, -0.2) is 4.39 Å². The van der Waals surface area contributed by atoms with E-state index in [9.17, 15) is 14.0 Å². The standard InChI is InChI=1S/C24H27FN4O2/c25-20-5-1-4-19(17-20)23(30)28-12-9-26(10-13-28)11-14-29-16-15-27-8-7-18-3-2-6-21(22(18)27)24(29)31/h1-6,17H,7-16H2. The number of rotatable bonds is 4. The molecule has 1 fully saturated rings. The summed E-state index contributed by atoms with van der Waals surface area (Å²) in [5.74, 6) is -0.386. The average molecular weight is 423 g/mol. The fourth-order valence-electron chi connectivity index (χ4n) is 4.90. The molecule has 0 spiro atoms. The summed E-state index contributed by atoms with van der Waals surface area (Å²) in [4.78, 5) is 34.2. The van der Waals surface area contributed by atoms with Crippen LogP contribution in [0, 0.1) is 5.82 Å². The van der Waals surface area contributed by atoms with Crippen LogP contribution in [0.3, 0.4) is 0 Å². The Bertz CT molecular complexity index is 1000. The van der Waals surface area contributed by atoms with Gasteiger partial charge in [0.05, 0.1) is 11.3 Å². The number of carbonyl (C=O) groups is 2. The Labute approximate surface area is 181 Å². The summed E-state index contributed by atoms with van der Waals surface area (Å²) < 4.78 is 13.4. The average Bonchev–Trinajstić information content (AvgIpc) is 3.16. The Morgan fingerprint density at radius 3 is 2.52 bits per heavy atom. The van der Waals surface area contributed by atoms with Gasteiger partial charge >= 0.3 is 0 Å². The lowest BCUT2D eigenvalue weighted by Gasteiger charge is -2.35. The third kappa shape index (κ3) is 3.90. The van der Waals surface area contributed by atoms with E-state index in [0.717, 1.165) is 56.9 Å². The first kappa shape index (κ1) is 20.0. The molecule has 0 atom stereocenters. The van der Waals surface area contributed by atoms with Crippen molar-refractivity contribution in [3.8, 4) is 0 Å². The smallest absolute Gasteiger partial charge is 0.256 e. The molecule has 2 amide bonds. The first-order chi connectivity index (χ1) is 15.1. The van der Waals surface area contributed by atoms with Crippen molar-refractivity contribution in [1.29, 1.82) is 0 Å². The van der Waals surface area contributed by atoms with Gasteiger partial charge in [-0.2, -0.15) is 0 Å². The summed E-state index contributed by atoms with van der Waals surface area (Å²) in [6.45, 7) is 6.85. The number of nitrogens with zero attached hydrogens (tertiary/aromatic N) is 4. The molecule has 6 nitrogen and oxygen atoms in total. The van der Waals surface area contributed by atoms with Crippen molar-refractivity contribution in [3.05, 3.63) is 65.0 Å². The number of piperazine rings is 1. The Morgan fingerprint density at radius 2 is 1.71 bits per heavy atom. The first-order valence-corrected chi connectivity index (χ1v) is 11.0. The molecule has 5 rings (SSSR count). The molecule has 2 aromatic rings. The monoisotopic (exact) mass is 422 g/mol. The van der Waals surface area contributed by atoms with Crippen LogP contribution in [0.15, 0.2) is 42.5 Å². The molecule has 0 aliphatic carbocycles. The van der Waals surface area contributed by atoms with Crippen LogP contribution in [0.25, 0.3) is 0 Å². The molecule has 0 bridgehead atoms. The molecule has 3 heterocycles. The molecule has 7 heteroatoms. The minimum Gasteiger partial charge on any atom is -0.369 e. The lowest BCUT2D eigenvalue weighted by Crippen LogP contribution is -2.50. The van der Waals surface area contributed by atoms with E-state index in [0.29, 0.717) is 25.2 Å². The van der Waals surface area contributed by atoms with Crippen molar-refractivity contribution >= 4 is 17.5 Å². The lowest BCUT2D eigenvalue weighted by atomic mass is 10.1. The molecule has 1 saturated heterocycles. The van der Waals surface area contributed by atoms with Gasteiger partial charge in [-0.1, -0.05) is 18.2 Å². The largest absolute Gasteiger partial charge is 0.369 e. The Morgan fingerprint density at radius 1 is 0.903 bits per heavy atom. The first-order valence-electron chi connectivity index (χ1n) is 11.0. The van der Waals surface area contributed by atoms with Gasteiger partial charge in [0.25, 0.3) is 11.8 Å². The molecule has 0 aromatic heterocycles. The summed E-state index contributed by atoms with van der Waals surface area (Å²) in [6, 6.07) is 11.9. The van der Waals surface area contributed by atoms with Gasteiger partial charge in [-0.3, -0.25) is 14.5 Å². The van der Waals surface area contributed by atoms with E-state index >= 15 is 0 Å². The third-order valence-corrected chi connectivity index (χ3v) is 6.66. The number of carbonyl (C=O) groups excluding carboxylic acids is 2. The van der Waals surface area contributed by atoms with E-state index in [-0.39, 0.29) is 11.8 Å². The highest BCUT2D eigenvalue weighted by Gasteiger charge is 2.31. The highest BCUT2D eigenvalue weighted by molar-refractivity contribution is 6.01. The van der Waals surface area contributed by atoms with E-state index in [4.69, 9.17) is 0 Å². The Hall–Kier alpha value is -2.93. The number of benzene rings is 2. The van der Waals surface area contributed by atoms with Gasteiger partial charge < -0.3 is 14.7 Å². The maximum atomic E-state index is 13.4. The fraction of sp³-hybridized carbons (Fsp3) is 0.417. The summed E-state index contributed by atoms with van der Waals surface area (Å²) >= 11 is 0. The molecule has 3 aliphatic rings. The summed E-state index contributed by atoms with van der Waals surface area (Å²) in [5.41, 5.74) is 3.65. The molecule has 0 saturated carbocycles. The zero-order valence-electron chi connectivity index (χ0n) is 17.6. The number of halogens is 1. The van der Waals surface area contributed by atoms with Crippen LogP contribution in [-0.4, -0.2) is 85.4 Å². The summed E-state index contributed by atoms with van der Waals surface area (Å²) in [7, 11) is 0. The number of anilines is 1. The predicted molar refractivity (Wildman–Crippen MR) is 117 cm³/mol. The van der Waals surface area contributed by atoms with Crippen LogP contribution in [-0.2, 0) is 6.42 Å². The maximum Gasteiger partial charge on any atom is 0.256 e. The fourth-order valence-corrected chi connectivity index (χ4v) is 4.90. The summed E-state index contributed by atoms with van der Waals surface area (Å²) in [6.07, 6.45) is 1.02. The predicted octanol–water partition coefficient (Wildman–Crippen LogP) is 2.10. The van der Waals surface area contributed by atoms with Crippen molar-refractivity contribution in [2.24, 2.45) is 0 Å². The lowest BCUT2D eigenvalue weighted by molar-refractivity contribution is 0.0606.